The minimum absolute atomic E-state index is 0.0135. The average Bonchev–Trinajstić information content (AvgIpc) is 2.73. The monoisotopic (exact) mass is 357 g/mol. The maximum Gasteiger partial charge on any atom is 0.243 e. The second-order valence-corrected chi connectivity index (χ2v) is 10.5. The fourth-order valence-electron chi connectivity index (χ4n) is 2.92. The van der Waals surface area contributed by atoms with Crippen molar-refractivity contribution in [2.45, 2.75) is 37.6 Å². The third kappa shape index (κ3) is 3.51. The van der Waals surface area contributed by atoms with E-state index in [-0.39, 0.29) is 22.9 Å². The largest absolute Gasteiger partial charge is 0.243 e. The first-order valence-corrected chi connectivity index (χ1v) is 10.7. The zero-order valence-electron chi connectivity index (χ0n) is 13.7. The Morgan fingerprint density at radius 2 is 1.96 bits per heavy atom. The molecule has 1 aliphatic rings. The lowest BCUT2D eigenvalue weighted by Crippen LogP contribution is -2.50. The highest BCUT2D eigenvalue weighted by Crippen LogP contribution is 2.34. The van der Waals surface area contributed by atoms with Crippen molar-refractivity contribution in [2.24, 2.45) is 0 Å². The molecule has 0 radical (unpaired) electrons. The normalized spacial score (nSPS) is 24.0. The van der Waals surface area contributed by atoms with Gasteiger partial charge in [-0.05, 0) is 50.5 Å². The second kappa shape index (κ2) is 6.03. The molecule has 1 fully saturated rings. The van der Waals surface area contributed by atoms with Gasteiger partial charge in [-0.25, -0.2) is 16.8 Å². The van der Waals surface area contributed by atoms with Crippen LogP contribution < -0.4 is 0 Å². The van der Waals surface area contributed by atoms with Crippen LogP contribution in [0.3, 0.4) is 0 Å². The summed E-state index contributed by atoms with van der Waals surface area (Å²) in [5.74, 6) is -0.141. The third-order valence-corrected chi connectivity index (χ3v) is 8.35. The quantitative estimate of drug-likeness (QED) is 0.756. The third-order valence-electron chi connectivity index (χ3n) is 4.45. The van der Waals surface area contributed by atoms with Crippen LogP contribution in [0.25, 0.3) is 0 Å². The summed E-state index contributed by atoms with van der Waals surface area (Å²) < 4.78 is 51.2. The number of nitrogens with zero attached hydrogens (tertiary/aromatic N) is 1. The molecule has 1 atom stereocenters. The number of aryl methyl sites for hydroxylation is 2. The molecule has 128 valence electrons. The summed E-state index contributed by atoms with van der Waals surface area (Å²) in [4.78, 5) is 0.188. The van der Waals surface area contributed by atoms with Gasteiger partial charge in [-0.15, -0.1) is 6.58 Å². The molecule has 0 spiro atoms. The van der Waals surface area contributed by atoms with Gasteiger partial charge in [0, 0.05) is 12.1 Å². The molecule has 23 heavy (non-hydrogen) atoms. The first-order chi connectivity index (χ1) is 10.5. The van der Waals surface area contributed by atoms with Crippen LogP contribution in [0.5, 0.6) is 0 Å². The highest BCUT2D eigenvalue weighted by Gasteiger charge is 2.47. The van der Waals surface area contributed by atoms with E-state index in [0.29, 0.717) is 6.42 Å². The molecule has 0 aliphatic carbocycles. The van der Waals surface area contributed by atoms with E-state index >= 15 is 0 Å². The summed E-state index contributed by atoms with van der Waals surface area (Å²) in [5, 5.41) is 0. The molecule has 0 unspecified atom stereocenters. The van der Waals surface area contributed by atoms with Gasteiger partial charge in [0.1, 0.15) is 0 Å². The number of hydrogen-bond acceptors (Lipinski definition) is 4. The predicted molar refractivity (Wildman–Crippen MR) is 91.7 cm³/mol. The van der Waals surface area contributed by atoms with Crippen LogP contribution in [0, 0.1) is 13.8 Å². The summed E-state index contributed by atoms with van der Waals surface area (Å²) in [6.07, 6.45) is 1.79. The van der Waals surface area contributed by atoms with Crippen LogP contribution >= 0.6 is 0 Å². The van der Waals surface area contributed by atoms with E-state index in [1.54, 1.807) is 25.1 Å². The fourth-order valence-corrected chi connectivity index (χ4v) is 7.00. The lowest BCUT2D eigenvalue weighted by Gasteiger charge is -2.35. The molecule has 1 saturated heterocycles. The van der Waals surface area contributed by atoms with Crippen LogP contribution in [0.4, 0.5) is 0 Å². The summed E-state index contributed by atoms with van der Waals surface area (Å²) in [6.45, 7) is 9.17. The summed E-state index contributed by atoms with van der Waals surface area (Å²) in [7, 11) is -7.01. The van der Waals surface area contributed by atoms with Gasteiger partial charge >= 0.3 is 0 Å². The van der Waals surface area contributed by atoms with Crippen LogP contribution in [-0.4, -0.2) is 44.7 Å². The van der Waals surface area contributed by atoms with E-state index in [0.717, 1.165) is 11.1 Å². The minimum atomic E-state index is -3.80. The van der Waals surface area contributed by atoms with E-state index in [9.17, 15) is 16.8 Å². The zero-order valence-corrected chi connectivity index (χ0v) is 15.4. The summed E-state index contributed by atoms with van der Waals surface area (Å²) in [6, 6.07) is 4.97. The number of sulfone groups is 1. The molecule has 0 aromatic heterocycles. The van der Waals surface area contributed by atoms with Crippen molar-refractivity contribution in [1.29, 1.82) is 0 Å². The topological polar surface area (TPSA) is 71.5 Å². The van der Waals surface area contributed by atoms with Gasteiger partial charge in [0.05, 0.1) is 16.4 Å². The summed E-state index contributed by atoms with van der Waals surface area (Å²) >= 11 is 0. The van der Waals surface area contributed by atoms with Crippen molar-refractivity contribution in [2.75, 3.05) is 18.1 Å². The number of sulfonamides is 1. The van der Waals surface area contributed by atoms with Crippen LogP contribution in [0.2, 0.25) is 0 Å². The van der Waals surface area contributed by atoms with E-state index in [2.05, 4.69) is 6.58 Å². The van der Waals surface area contributed by atoms with Gasteiger partial charge in [0.2, 0.25) is 10.0 Å². The Labute approximate surface area is 139 Å². The molecule has 0 saturated carbocycles. The standard InChI is InChI=1S/C16H23NO4S2/c1-5-9-17(16(4)8-10-22(18,19)12-16)23(20,21)15-7-6-13(2)14(3)11-15/h5-7,11H,1,8-10,12H2,2-4H3/t16-/m1/s1. The van der Waals surface area contributed by atoms with Crippen molar-refractivity contribution >= 4 is 19.9 Å². The lowest BCUT2D eigenvalue weighted by atomic mass is 10.0. The highest BCUT2D eigenvalue weighted by molar-refractivity contribution is 7.92. The van der Waals surface area contributed by atoms with E-state index in [4.69, 9.17) is 0 Å². The summed E-state index contributed by atoms with van der Waals surface area (Å²) in [5.41, 5.74) is 0.952. The molecular formula is C16H23NO4S2. The van der Waals surface area contributed by atoms with Gasteiger partial charge in [0.15, 0.2) is 9.84 Å². The van der Waals surface area contributed by atoms with Crippen molar-refractivity contribution in [3.63, 3.8) is 0 Å². The molecule has 0 N–H and O–H groups in total. The molecule has 7 heteroatoms. The molecule has 0 bridgehead atoms. The van der Waals surface area contributed by atoms with Crippen molar-refractivity contribution in [3.05, 3.63) is 42.0 Å². The first-order valence-electron chi connectivity index (χ1n) is 7.43. The van der Waals surface area contributed by atoms with Gasteiger partial charge in [-0.1, -0.05) is 12.1 Å². The Morgan fingerprint density at radius 3 is 2.43 bits per heavy atom. The first kappa shape index (κ1) is 18.2. The zero-order chi connectivity index (χ0) is 17.5. The molecule has 1 aromatic rings. The van der Waals surface area contributed by atoms with Crippen molar-refractivity contribution in [3.8, 4) is 0 Å². The van der Waals surface area contributed by atoms with E-state index < -0.39 is 25.4 Å². The van der Waals surface area contributed by atoms with Crippen molar-refractivity contribution in [1.82, 2.24) is 4.31 Å². The number of rotatable bonds is 5. The van der Waals surface area contributed by atoms with Gasteiger partial charge < -0.3 is 0 Å². The van der Waals surface area contributed by atoms with Crippen LogP contribution in [0.1, 0.15) is 24.5 Å². The molecule has 0 amide bonds. The number of benzene rings is 1. The Hall–Kier alpha value is -1.18. The molecular weight excluding hydrogens is 334 g/mol. The second-order valence-electron chi connectivity index (χ2n) is 6.41. The minimum Gasteiger partial charge on any atom is -0.229 e. The maximum atomic E-state index is 13.1. The Kier molecular flexibility index (Phi) is 4.76. The maximum absolute atomic E-state index is 13.1. The van der Waals surface area contributed by atoms with E-state index in [1.165, 1.54) is 10.4 Å². The van der Waals surface area contributed by atoms with Gasteiger partial charge in [-0.2, -0.15) is 4.31 Å². The Morgan fingerprint density at radius 1 is 1.30 bits per heavy atom. The molecule has 2 rings (SSSR count). The molecule has 1 aromatic carbocycles. The van der Waals surface area contributed by atoms with Gasteiger partial charge in [-0.3, -0.25) is 0 Å². The molecule has 1 aliphatic heterocycles. The fraction of sp³-hybridized carbons (Fsp3) is 0.500. The predicted octanol–water partition coefficient (Wildman–Crippen LogP) is 2.06. The number of hydrogen-bond donors (Lipinski definition) is 0. The van der Waals surface area contributed by atoms with Crippen molar-refractivity contribution < 1.29 is 16.8 Å². The highest BCUT2D eigenvalue weighted by atomic mass is 32.2. The Balaban J connectivity index is 2.52. The van der Waals surface area contributed by atoms with Crippen LogP contribution in [-0.2, 0) is 19.9 Å². The van der Waals surface area contributed by atoms with E-state index in [1.807, 2.05) is 13.8 Å². The lowest BCUT2D eigenvalue weighted by molar-refractivity contribution is 0.252. The molecule has 1 heterocycles. The Bertz CT molecular complexity index is 828. The SMILES string of the molecule is C=CCN([C@]1(C)CCS(=O)(=O)C1)S(=O)(=O)c1ccc(C)c(C)c1. The van der Waals surface area contributed by atoms with Crippen LogP contribution in [0.15, 0.2) is 35.7 Å². The van der Waals surface area contributed by atoms with Gasteiger partial charge in [0.25, 0.3) is 0 Å². The smallest absolute Gasteiger partial charge is 0.229 e. The molecule has 5 nitrogen and oxygen atoms in total. The average molecular weight is 357 g/mol.